The van der Waals surface area contributed by atoms with Crippen molar-refractivity contribution in [1.29, 1.82) is 0 Å². The fraction of sp³-hybridized carbons (Fsp3) is 0.171. The molecule has 6 nitrogen and oxygen atoms in total. The molecule has 0 aliphatic heterocycles. The van der Waals surface area contributed by atoms with Crippen LogP contribution in [0.5, 0.6) is 0 Å². The van der Waals surface area contributed by atoms with Crippen molar-refractivity contribution in [3.63, 3.8) is 0 Å². The Bertz CT molecular complexity index is 1660. The smallest absolute Gasteiger partial charge is 0.160 e. The first kappa shape index (κ1) is 26.3. The van der Waals surface area contributed by atoms with Gasteiger partial charge in [-0.2, -0.15) is 0 Å². The van der Waals surface area contributed by atoms with Gasteiger partial charge in [-0.05, 0) is 54.3 Å². The van der Waals surface area contributed by atoms with Gasteiger partial charge in [0.15, 0.2) is 5.65 Å². The van der Waals surface area contributed by atoms with Crippen molar-refractivity contribution in [2.45, 2.75) is 38.8 Å². The number of aromatic nitrogens is 4. The number of hydrogen-bond donors (Lipinski definition) is 2. The summed E-state index contributed by atoms with van der Waals surface area (Å²) in [6, 6.07) is 39.4. The number of nitrogen functional groups attached to an aromatic ring is 1. The van der Waals surface area contributed by atoms with Crippen LogP contribution in [-0.4, -0.2) is 19.5 Å². The van der Waals surface area contributed by atoms with Crippen LogP contribution >= 0.6 is 0 Å². The Morgan fingerprint density at radius 1 is 0.732 bits per heavy atom. The Hall–Kier alpha value is -4.97. The number of nitrogens with one attached hydrogen (secondary N) is 1. The van der Waals surface area contributed by atoms with Gasteiger partial charge in [0, 0.05) is 12.1 Å². The molecule has 0 saturated heterocycles. The van der Waals surface area contributed by atoms with Crippen molar-refractivity contribution in [2.75, 3.05) is 11.1 Å². The number of anilines is 2. The SMILES string of the molecule is CCCCn1c(C)nc2ccc(-c3cc(N)nc(NC(c4ccccc4)(c4ccccc4)c4ccccc4)c3)nc21. The molecule has 0 atom stereocenters. The quantitative estimate of drug-likeness (QED) is 0.185. The first-order valence-corrected chi connectivity index (χ1v) is 14.1. The Morgan fingerprint density at radius 2 is 1.32 bits per heavy atom. The number of fused-ring (bicyclic) bond motifs is 1. The van der Waals surface area contributed by atoms with Crippen molar-refractivity contribution in [3.05, 3.63) is 138 Å². The van der Waals surface area contributed by atoms with Crippen molar-refractivity contribution in [1.82, 2.24) is 19.5 Å². The molecular formula is C35H34N6. The number of nitrogens with two attached hydrogens (primary N) is 1. The third-order valence-electron chi connectivity index (χ3n) is 7.60. The van der Waals surface area contributed by atoms with Crippen molar-refractivity contribution in [3.8, 4) is 11.3 Å². The monoisotopic (exact) mass is 538 g/mol. The van der Waals surface area contributed by atoms with E-state index in [9.17, 15) is 0 Å². The molecule has 0 radical (unpaired) electrons. The first-order chi connectivity index (χ1) is 20.1. The molecule has 0 amide bonds. The van der Waals surface area contributed by atoms with Crippen LogP contribution in [0.1, 0.15) is 42.3 Å². The van der Waals surface area contributed by atoms with Crippen molar-refractivity contribution < 1.29 is 0 Å². The fourth-order valence-corrected chi connectivity index (χ4v) is 5.60. The van der Waals surface area contributed by atoms with Gasteiger partial charge in [0.05, 0.1) is 5.69 Å². The van der Waals surface area contributed by atoms with E-state index in [1.807, 2.05) is 49.4 Å². The number of imidazole rings is 1. The predicted octanol–water partition coefficient (Wildman–Crippen LogP) is 7.59. The van der Waals surface area contributed by atoms with Crippen molar-refractivity contribution >= 4 is 22.8 Å². The second-order valence-electron chi connectivity index (χ2n) is 10.3. The number of rotatable bonds is 9. The molecule has 0 unspecified atom stereocenters. The molecule has 0 fully saturated rings. The standard InChI is InChI=1S/C35H34N6/c1-3-4-22-41-25(2)37-31-21-20-30(38-34(31)41)26-23-32(36)39-33(24-26)40-35(27-14-8-5-9-15-27,28-16-10-6-11-17-28)29-18-12-7-13-19-29/h5-21,23-24H,3-4,22H2,1-2H3,(H3,36,39,40). The summed E-state index contributed by atoms with van der Waals surface area (Å²) in [4.78, 5) is 14.6. The Morgan fingerprint density at radius 3 is 1.88 bits per heavy atom. The summed E-state index contributed by atoms with van der Waals surface area (Å²) < 4.78 is 2.21. The van der Waals surface area contributed by atoms with Gasteiger partial charge in [0.1, 0.15) is 28.5 Å². The second-order valence-corrected chi connectivity index (χ2v) is 10.3. The van der Waals surface area contributed by atoms with E-state index >= 15 is 0 Å². The molecule has 0 bridgehead atoms. The summed E-state index contributed by atoms with van der Waals surface area (Å²) in [6.45, 7) is 5.13. The van der Waals surface area contributed by atoms with E-state index in [1.165, 1.54) is 0 Å². The van der Waals surface area contributed by atoms with Crippen LogP contribution in [0.3, 0.4) is 0 Å². The van der Waals surface area contributed by atoms with Crippen LogP contribution in [0.4, 0.5) is 11.6 Å². The molecule has 3 N–H and O–H groups in total. The molecule has 6 rings (SSSR count). The van der Waals surface area contributed by atoms with E-state index in [-0.39, 0.29) is 0 Å². The van der Waals surface area contributed by atoms with Crippen molar-refractivity contribution in [2.24, 2.45) is 0 Å². The van der Waals surface area contributed by atoms with Crippen LogP contribution in [-0.2, 0) is 12.1 Å². The van der Waals surface area contributed by atoms with E-state index in [0.717, 1.165) is 64.3 Å². The zero-order chi connectivity index (χ0) is 28.2. The van der Waals surface area contributed by atoms with E-state index in [1.54, 1.807) is 0 Å². The molecule has 6 heteroatoms. The second kappa shape index (κ2) is 11.3. The molecule has 6 aromatic rings. The summed E-state index contributed by atoms with van der Waals surface area (Å²) in [7, 11) is 0. The van der Waals surface area contributed by atoms with Crippen LogP contribution in [0.25, 0.3) is 22.4 Å². The largest absolute Gasteiger partial charge is 0.384 e. The molecule has 0 aliphatic carbocycles. The number of nitrogens with zero attached hydrogens (tertiary/aromatic N) is 4. The molecule has 41 heavy (non-hydrogen) atoms. The summed E-state index contributed by atoms with van der Waals surface area (Å²) in [5, 5.41) is 3.84. The van der Waals surface area contributed by atoms with Crippen LogP contribution in [0.2, 0.25) is 0 Å². The maximum Gasteiger partial charge on any atom is 0.160 e. The molecule has 3 aromatic heterocycles. The van der Waals surface area contributed by atoms with Crippen LogP contribution < -0.4 is 11.1 Å². The molecule has 0 spiro atoms. The Balaban J connectivity index is 1.50. The summed E-state index contributed by atoms with van der Waals surface area (Å²) in [5.41, 5.74) is 12.5. The summed E-state index contributed by atoms with van der Waals surface area (Å²) >= 11 is 0. The lowest BCUT2D eigenvalue weighted by Crippen LogP contribution is -2.38. The minimum atomic E-state index is -0.713. The third kappa shape index (κ3) is 5.05. The fourth-order valence-electron chi connectivity index (χ4n) is 5.60. The van der Waals surface area contributed by atoms with Gasteiger partial charge >= 0.3 is 0 Å². The van der Waals surface area contributed by atoms with E-state index in [4.69, 9.17) is 20.7 Å². The molecule has 3 heterocycles. The zero-order valence-corrected chi connectivity index (χ0v) is 23.5. The number of unbranched alkanes of at least 4 members (excludes halogenated alkanes) is 1. The lowest BCUT2D eigenvalue weighted by atomic mass is 9.77. The molecular weight excluding hydrogens is 504 g/mol. The normalized spacial score (nSPS) is 11.6. The third-order valence-corrected chi connectivity index (χ3v) is 7.60. The highest BCUT2D eigenvalue weighted by molar-refractivity contribution is 5.78. The lowest BCUT2D eigenvalue weighted by molar-refractivity contribution is 0.627. The highest BCUT2D eigenvalue weighted by Crippen LogP contribution is 2.40. The topological polar surface area (TPSA) is 81.7 Å². The van der Waals surface area contributed by atoms with Crippen LogP contribution in [0, 0.1) is 6.92 Å². The molecule has 0 aliphatic rings. The van der Waals surface area contributed by atoms with Crippen LogP contribution in [0.15, 0.2) is 115 Å². The number of aryl methyl sites for hydroxylation is 2. The molecule has 0 saturated carbocycles. The molecule has 3 aromatic carbocycles. The lowest BCUT2D eigenvalue weighted by Gasteiger charge is -2.37. The van der Waals surface area contributed by atoms with Gasteiger partial charge in [-0.15, -0.1) is 0 Å². The van der Waals surface area contributed by atoms with Gasteiger partial charge in [0.25, 0.3) is 0 Å². The van der Waals surface area contributed by atoms with Gasteiger partial charge < -0.3 is 15.6 Å². The predicted molar refractivity (Wildman–Crippen MR) is 168 cm³/mol. The zero-order valence-electron chi connectivity index (χ0n) is 23.5. The highest BCUT2D eigenvalue weighted by Gasteiger charge is 2.36. The number of hydrogen-bond acceptors (Lipinski definition) is 5. The molecule has 204 valence electrons. The average molecular weight is 539 g/mol. The van der Waals surface area contributed by atoms with Gasteiger partial charge in [-0.1, -0.05) is 104 Å². The highest BCUT2D eigenvalue weighted by atomic mass is 15.1. The Labute approximate surface area is 240 Å². The minimum Gasteiger partial charge on any atom is -0.384 e. The van der Waals surface area contributed by atoms with E-state index in [2.05, 4.69) is 89.6 Å². The van der Waals surface area contributed by atoms with Gasteiger partial charge in [-0.25, -0.2) is 15.0 Å². The summed E-state index contributed by atoms with van der Waals surface area (Å²) in [5.74, 6) is 2.06. The first-order valence-electron chi connectivity index (χ1n) is 14.1. The van der Waals surface area contributed by atoms with E-state index in [0.29, 0.717) is 11.6 Å². The summed E-state index contributed by atoms with van der Waals surface area (Å²) in [6.07, 6.45) is 2.19. The minimum absolute atomic E-state index is 0.422. The van der Waals surface area contributed by atoms with Gasteiger partial charge in [0.2, 0.25) is 0 Å². The maximum atomic E-state index is 6.45. The van der Waals surface area contributed by atoms with E-state index < -0.39 is 5.54 Å². The maximum absolute atomic E-state index is 6.45. The Kier molecular flexibility index (Phi) is 7.21. The van der Waals surface area contributed by atoms with Gasteiger partial charge in [-0.3, -0.25) is 0 Å². The number of benzene rings is 3. The number of pyridine rings is 2. The average Bonchev–Trinajstić information content (AvgIpc) is 3.33.